The highest BCUT2D eigenvalue weighted by Gasteiger charge is 2.35. The number of ether oxygens (including phenoxy) is 3. The lowest BCUT2D eigenvalue weighted by molar-refractivity contribution is -0.114. The number of hydrogen-bond acceptors (Lipinski definition) is 9. The Morgan fingerprint density at radius 3 is 2.02 bits per heavy atom. The second kappa shape index (κ2) is 15.4. The number of unbranched alkanes of at least 4 members (excludes halogenated alkanes) is 2. The molecule has 0 aliphatic carbocycles. The second-order valence-corrected chi connectivity index (χ2v) is 14.4. The number of nitrogens with zero attached hydrogens (tertiary/aromatic N) is 4. The zero-order valence-electron chi connectivity index (χ0n) is 31.0. The van der Waals surface area contributed by atoms with Gasteiger partial charge in [-0.25, -0.2) is 0 Å². The van der Waals surface area contributed by atoms with E-state index in [2.05, 4.69) is 17.4 Å². The lowest BCUT2D eigenvalue weighted by atomic mass is 9.93. The van der Waals surface area contributed by atoms with Gasteiger partial charge in [0, 0.05) is 43.3 Å². The molecule has 0 saturated heterocycles. The van der Waals surface area contributed by atoms with E-state index in [0.717, 1.165) is 48.1 Å². The number of carbonyl (C=O) groups is 3. The number of aliphatic imine (C=N–C) groups is 2. The number of nitrogens with two attached hydrogens (primary N) is 1. The predicted molar refractivity (Wildman–Crippen MR) is 211 cm³/mol. The van der Waals surface area contributed by atoms with E-state index in [-0.39, 0.29) is 36.3 Å². The van der Waals surface area contributed by atoms with Crippen molar-refractivity contribution in [3.8, 4) is 17.2 Å². The van der Waals surface area contributed by atoms with Gasteiger partial charge in [-0.05, 0) is 91.1 Å². The van der Waals surface area contributed by atoms with Gasteiger partial charge in [0.25, 0.3) is 11.8 Å². The fraction of sp³-hybridized carbons (Fsp3) is 0.326. The van der Waals surface area contributed by atoms with Crippen LogP contribution in [0.3, 0.4) is 0 Å². The van der Waals surface area contributed by atoms with Crippen molar-refractivity contribution in [2.75, 3.05) is 32.2 Å². The van der Waals surface area contributed by atoms with Crippen molar-refractivity contribution in [2.24, 2.45) is 15.7 Å². The number of anilines is 1. The highest BCUT2D eigenvalue weighted by atomic mass is 16.5. The highest BCUT2D eigenvalue weighted by Crippen LogP contribution is 2.39. The van der Waals surface area contributed by atoms with Crippen molar-refractivity contribution in [1.29, 1.82) is 0 Å². The molecule has 55 heavy (non-hydrogen) atoms. The maximum atomic E-state index is 13.9. The molecule has 4 aromatic rings. The molecule has 4 aliphatic rings. The van der Waals surface area contributed by atoms with Crippen LogP contribution in [0, 0.1) is 6.92 Å². The molecule has 4 heterocycles. The predicted octanol–water partition coefficient (Wildman–Crippen LogP) is 6.09. The van der Waals surface area contributed by atoms with Gasteiger partial charge in [0.05, 0.1) is 61.5 Å². The zero-order valence-corrected chi connectivity index (χ0v) is 31.0. The largest absolute Gasteiger partial charge is 0.493 e. The SMILES string of the molecule is COc1cc2c(cc1OCCCCCOc1cc3c(cc1C)C(=O)N1Cc4ccccc4C[C@H]1C=N3)N=C[C@@H]1Cc3ccc(NC(=O)CN)cc3CN1C2=O. The molecule has 4 aliphatic heterocycles. The molecular weight excluding hydrogens is 697 g/mol. The molecule has 4 aromatic carbocycles. The van der Waals surface area contributed by atoms with Crippen LogP contribution in [0.5, 0.6) is 17.2 Å². The molecule has 0 saturated carbocycles. The van der Waals surface area contributed by atoms with E-state index in [1.807, 2.05) is 66.7 Å². The first-order valence-electron chi connectivity index (χ1n) is 18.8. The number of fused-ring (bicyclic) bond motifs is 6. The summed E-state index contributed by atoms with van der Waals surface area (Å²) in [5.74, 6) is 1.31. The van der Waals surface area contributed by atoms with Crippen molar-refractivity contribution < 1.29 is 28.6 Å². The fourth-order valence-corrected chi connectivity index (χ4v) is 7.75. The maximum Gasteiger partial charge on any atom is 0.257 e. The summed E-state index contributed by atoms with van der Waals surface area (Å²) < 4.78 is 18.0. The summed E-state index contributed by atoms with van der Waals surface area (Å²) in [6.07, 6.45) is 7.57. The molecule has 8 rings (SSSR count). The fourth-order valence-electron chi connectivity index (χ4n) is 7.75. The normalized spacial score (nSPS) is 17.8. The van der Waals surface area contributed by atoms with Crippen molar-refractivity contribution in [2.45, 2.75) is 64.2 Å². The molecule has 3 N–H and O–H groups in total. The van der Waals surface area contributed by atoms with Gasteiger partial charge in [0.1, 0.15) is 5.75 Å². The average molecular weight is 741 g/mol. The first kappa shape index (κ1) is 36.0. The number of rotatable bonds is 11. The van der Waals surface area contributed by atoms with Gasteiger partial charge >= 0.3 is 0 Å². The molecule has 12 nitrogen and oxygen atoms in total. The summed E-state index contributed by atoms with van der Waals surface area (Å²) >= 11 is 0. The van der Waals surface area contributed by atoms with Crippen LogP contribution < -0.4 is 25.3 Å². The van der Waals surface area contributed by atoms with Gasteiger partial charge in [-0.15, -0.1) is 0 Å². The third kappa shape index (κ3) is 7.29. The summed E-state index contributed by atoms with van der Waals surface area (Å²) in [6.45, 7) is 3.80. The van der Waals surface area contributed by atoms with E-state index in [1.54, 1.807) is 24.1 Å². The minimum atomic E-state index is -0.273. The Hall–Kier alpha value is -6.01. The van der Waals surface area contributed by atoms with Gasteiger partial charge < -0.3 is 35.1 Å². The van der Waals surface area contributed by atoms with Crippen molar-refractivity contribution in [3.63, 3.8) is 0 Å². The first-order chi connectivity index (χ1) is 26.8. The zero-order chi connectivity index (χ0) is 38.1. The molecule has 12 heteroatoms. The van der Waals surface area contributed by atoms with E-state index in [0.29, 0.717) is 72.4 Å². The van der Waals surface area contributed by atoms with E-state index in [1.165, 1.54) is 11.1 Å². The molecular formula is C43H44N6O6. The first-order valence-corrected chi connectivity index (χ1v) is 18.8. The van der Waals surface area contributed by atoms with Crippen molar-refractivity contribution in [1.82, 2.24) is 9.80 Å². The third-order valence-electron chi connectivity index (χ3n) is 10.8. The molecule has 2 atom stereocenters. The quantitative estimate of drug-likeness (QED) is 0.177. The number of methoxy groups -OCH3 is 1. The van der Waals surface area contributed by atoms with Gasteiger partial charge in [-0.2, -0.15) is 0 Å². The molecule has 0 unspecified atom stereocenters. The Morgan fingerprint density at radius 2 is 1.35 bits per heavy atom. The molecule has 0 spiro atoms. The van der Waals surface area contributed by atoms with Crippen LogP contribution in [0.15, 0.2) is 76.7 Å². The van der Waals surface area contributed by atoms with Crippen LogP contribution in [0.1, 0.15) is 67.8 Å². The maximum absolute atomic E-state index is 13.9. The van der Waals surface area contributed by atoms with Crippen molar-refractivity contribution in [3.05, 3.63) is 106 Å². The second-order valence-electron chi connectivity index (χ2n) is 14.4. The number of amides is 3. The molecule has 0 bridgehead atoms. The Kier molecular flexibility index (Phi) is 10.1. The van der Waals surface area contributed by atoms with Crippen LogP contribution in [-0.2, 0) is 30.7 Å². The van der Waals surface area contributed by atoms with Crippen LogP contribution in [-0.4, -0.2) is 78.9 Å². The number of nitrogens with one attached hydrogen (secondary N) is 1. The van der Waals surface area contributed by atoms with Crippen molar-refractivity contribution >= 4 is 47.2 Å². The number of hydrogen-bond donors (Lipinski definition) is 2. The number of carbonyl (C=O) groups excluding carboxylic acids is 3. The summed E-state index contributed by atoms with van der Waals surface area (Å²) in [5.41, 5.74) is 13.8. The molecule has 3 amide bonds. The smallest absolute Gasteiger partial charge is 0.257 e. The lowest BCUT2D eigenvalue weighted by Crippen LogP contribution is -2.44. The minimum Gasteiger partial charge on any atom is -0.493 e. The van der Waals surface area contributed by atoms with E-state index >= 15 is 0 Å². The summed E-state index contributed by atoms with van der Waals surface area (Å²) in [7, 11) is 1.56. The molecule has 0 radical (unpaired) electrons. The lowest BCUT2D eigenvalue weighted by Gasteiger charge is -2.34. The average Bonchev–Trinajstić information content (AvgIpc) is 3.41. The van der Waals surface area contributed by atoms with E-state index < -0.39 is 0 Å². The van der Waals surface area contributed by atoms with Crippen LogP contribution in [0.2, 0.25) is 0 Å². The van der Waals surface area contributed by atoms with Gasteiger partial charge in [-0.3, -0.25) is 24.4 Å². The number of benzene rings is 4. The minimum absolute atomic E-state index is 0.000629. The Labute approximate surface area is 320 Å². The standard InChI is InChI=1S/C43H44N6O6/c1-26-14-34-36(45-22-32-16-27-8-4-5-9-29(27)24-48(32)42(34)51)19-38(26)54-12-6-3-7-13-55-40-20-37-35(18-39(40)53-2)43(52)49-25-30-15-31(47-41(50)21-44)11-10-28(30)17-33(49)23-46-37/h4-5,8-11,14-15,18-20,22-23,32-33H,3,6-7,12-13,16-17,21,24-25,44H2,1-2H3,(H,47,50)/t32-,33-/m0/s1. The molecule has 0 aromatic heterocycles. The van der Waals surface area contributed by atoms with Gasteiger partial charge in [0.2, 0.25) is 5.91 Å². The molecule has 282 valence electrons. The molecule has 0 fully saturated rings. The summed E-state index contributed by atoms with van der Waals surface area (Å²) in [5, 5.41) is 2.79. The Morgan fingerprint density at radius 1 is 0.745 bits per heavy atom. The number of aryl methyl sites for hydroxylation is 1. The van der Waals surface area contributed by atoms with Crippen LogP contribution in [0.25, 0.3) is 0 Å². The van der Waals surface area contributed by atoms with Gasteiger partial charge in [0.15, 0.2) is 11.5 Å². The van der Waals surface area contributed by atoms with E-state index in [4.69, 9.17) is 29.9 Å². The third-order valence-corrected chi connectivity index (χ3v) is 10.8. The van der Waals surface area contributed by atoms with Crippen LogP contribution in [0.4, 0.5) is 17.1 Å². The van der Waals surface area contributed by atoms with Gasteiger partial charge in [-0.1, -0.05) is 30.3 Å². The van der Waals surface area contributed by atoms with E-state index in [9.17, 15) is 14.4 Å². The topological polar surface area (TPSA) is 148 Å². The monoisotopic (exact) mass is 740 g/mol. The summed E-state index contributed by atoms with van der Waals surface area (Å²) in [6, 6.07) is 21.0. The highest BCUT2D eigenvalue weighted by molar-refractivity contribution is 6.04. The Bertz CT molecular complexity index is 2230. The Balaban J connectivity index is 0.850. The van der Waals surface area contributed by atoms with Crippen LogP contribution >= 0.6 is 0 Å². The summed E-state index contributed by atoms with van der Waals surface area (Å²) in [4.78, 5) is 52.5.